The zero-order valence-electron chi connectivity index (χ0n) is 10.1. The van der Waals surface area contributed by atoms with Gasteiger partial charge in [-0.15, -0.1) is 0 Å². The third kappa shape index (κ3) is 3.44. The van der Waals surface area contributed by atoms with Gasteiger partial charge < -0.3 is 5.32 Å². The van der Waals surface area contributed by atoms with Gasteiger partial charge in [-0.3, -0.25) is 5.32 Å². The van der Waals surface area contributed by atoms with Crippen molar-refractivity contribution in [3.05, 3.63) is 24.4 Å². The van der Waals surface area contributed by atoms with E-state index in [1.807, 2.05) is 12.1 Å². The predicted octanol–water partition coefficient (Wildman–Crippen LogP) is 2.78. The average molecular weight is 233 g/mol. The predicted molar refractivity (Wildman–Crippen MR) is 67.8 cm³/mol. The Balaban J connectivity index is 1.84. The first-order valence-corrected chi connectivity index (χ1v) is 6.24. The Morgan fingerprint density at radius 2 is 2.18 bits per heavy atom. The van der Waals surface area contributed by atoms with Crippen LogP contribution in [0.15, 0.2) is 24.4 Å². The number of nitrogens with zero attached hydrogens (tertiary/aromatic N) is 1. The second kappa shape index (κ2) is 5.66. The van der Waals surface area contributed by atoms with Crippen LogP contribution in [0.4, 0.5) is 10.6 Å². The fraction of sp³-hybridized carbons (Fsp3) is 0.538. The van der Waals surface area contributed by atoms with Gasteiger partial charge in [0.25, 0.3) is 0 Å². The minimum absolute atomic E-state index is 0.151. The lowest BCUT2D eigenvalue weighted by Gasteiger charge is -2.29. The summed E-state index contributed by atoms with van der Waals surface area (Å²) >= 11 is 0. The van der Waals surface area contributed by atoms with Crippen molar-refractivity contribution in [3.8, 4) is 0 Å². The van der Waals surface area contributed by atoms with Crippen LogP contribution in [-0.4, -0.2) is 17.1 Å². The smallest absolute Gasteiger partial charge is 0.320 e. The zero-order valence-corrected chi connectivity index (χ0v) is 10.1. The number of hydrogen-bond acceptors (Lipinski definition) is 2. The maximum atomic E-state index is 11.8. The molecular formula is C13H19N3O. The Morgan fingerprint density at radius 1 is 1.35 bits per heavy atom. The molecule has 0 spiro atoms. The SMILES string of the molecule is C[C@H]1CCCC[C@H]1NC(=O)Nc1ccccn1. The molecular weight excluding hydrogens is 214 g/mol. The van der Waals surface area contributed by atoms with E-state index in [2.05, 4.69) is 22.5 Å². The number of hydrogen-bond donors (Lipinski definition) is 2. The molecule has 1 heterocycles. The van der Waals surface area contributed by atoms with Crippen LogP contribution in [0.25, 0.3) is 0 Å². The van der Waals surface area contributed by atoms with Crippen LogP contribution in [0.2, 0.25) is 0 Å². The fourth-order valence-corrected chi connectivity index (χ4v) is 2.29. The van der Waals surface area contributed by atoms with Crippen LogP contribution in [0.3, 0.4) is 0 Å². The lowest BCUT2D eigenvalue weighted by atomic mass is 9.86. The largest absolute Gasteiger partial charge is 0.335 e. The van der Waals surface area contributed by atoms with Crippen molar-refractivity contribution in [2.24, 2.45) is 5.92 Å². The van der Waals surface area contributed by atoms with Crippen molar-refractivity contribution in [1.82, 2.24) is 10.3 Å². The summed E-state index contributed by atoms with van der Waals surface area (Å²) in [5.41, 5.74) is 0. The van der Waals surface area contributed by atoms with Crippen molar-refractivity contribution < 1.29 is 4.79 Å². The van der Waals surface area contributed by atoms with Crippen LogP contribution >= 0.6 is 0 Å². The first-order chi connectivity index (χ1) is 8.25. The number of carbonyl (C=O) groups is 1. The molecule has 0 bridgehead atoms. The quantitative estimate of drug-likeness (QED) is 0.825. The molecule has 2 N–H and O–H groups in total. The molecule has 1 aromatic heterocycles. The van der Waals surface area contributed by atoms with Gasteiger partial charge in [0.15, 0.2) is 0 Å². The summed E-state index contributed by atoms with van der Waals surface area (Å²) in [6.45, 7) is 2.20. The Bertz CT molecular complexity index is 366. The maximum absolute atomic E-state index is 11.8. The van der Waals surface area contributed by atoms with Gasteiger partial charge in [-0.25, -0.2) is 9.78 Å². The Morgan fingerprint density at radius 3 is 2.88 bits per heavy atom. The molecule has 1 aromatic rings. The lowest BCUT2D eigenvalue weighted by molar-refractivity contribution is 0.232. The molecule has 0 aliphatic heterocycles. The highest BCUT2D eigenvalue weighted by Crippen LogP contribution is 2.23. The van der Waals surface area contributed by atoms with E-state index >= 15 is 0 Å². The molecule has 2 atom stereocenters. The maximum Gasteiger partial charge on any atom is 0.320 e. The Hall–Kier alpha value is -1.58. The first kappa shape index (κ1) is 11.9. The van der Waals surface area contributed by atoms with Crippen LogP contribution in [0.5, 0.6) is 0 Å². The van der Waals surface area contributed by atoms with E-state index in [4.69, 9.17) is 0 Å². The van der Waals surface area contributed by atoms with Crippen LogP contribution in [0.1, 0.15) is 32.6 Å². The molecule has 2 rings (SSSR count). The summed E-state index contributed by atoms with van der Waals surface area (Å²) in [7, 11) is 0. The summed E-state index contributed by atoms with van der Waals surface area (Å²) in [4.78, 5) is 15.8. The third-order valence-electron chi connectivity index (χ3n) is 3.33. The van der Waals surface area contributed by atoms with Crippen LogP contribution in [-0.2, 0) is 0 Å². The number of nitrogens with one attached hydrogen (secondary N) is 2. The van der Waals surface area contributed by atoms with E-state index in [1.165, 1.54) is 19.3 Å². The van der Waals surface area contributed by atoms with Crippen molar-refractivity contribution in [3.63, 3.8) is 0 Å². The summed E-state index contributed by atoms with van der Waals surface area (Å²) < 4.78 is 0. The van der Waals surface area contributed by atoms with Crippen molar-refractivity contribution in [2.75, 3.05) is 5.32 Å². The number of aromatic nitrogens is 1. The fourth-order valence-electron chi connectivity index (χ4n) is 2.29. The van der Waals surface area contributed by atoms with Crippen molar-refractivity contribution in [2.45, 2.75) is 38.6 Å². The van der Waals surface area contributed by atoms with Gasteiger partial charge in [-0.1, -0.05) is 25.8 Å². The monoisotopic (exact) mass is 233 g/mol. The molecule has 1 aliphatic carbocycles. The average Bonchev–Trinajstić information content (AvgIpc) is 2.33. The van der Waals surface area contributed by atoms with E-state index in [0.29, 0.717) is 17.8 Å². The highest BCUT2D eigenvalue weighted by Gasteiger charge is 2.22. The molecule has 1 saturated carbocycles. The summed E-state index contributed by atoms with van der Waals surface area (Å²) in [6.07, 6.45) is 6.43. The summed E-state index contributed by atoms with van der Waals surface area (Å²) in [5.74, 6) is 1.16. The van der Waals surface area contributed by atoms with E-state index in [0.717, 1.165) is 6.42 Å². The van der Waals surface area contributed by atoms with Gasteiger partial charge in [0.05, 0.1) is 0 Å². The van der Waals surface area contributed by atoms with Gasteiger partial charge >= 0.3 is 6.03 Å². The number of amides is 2. The van der Waals surface area contributed by atoms with Crippen LogP contribution < -0.4 is 10.6 Å². The van der Waals surface area contributed by atoms with Gasteiger partial charge in [0, 0.05) is 12.2 Å². The second-order valence-electron chi connectivity index (χ2n) is 4.68. The van der Waals surface area contributed by atoms with Crippen LogP contribution in [0, 0.1) is 5.92 Å². The van der Waals surface area contributed by atoms with E-state index < -0.39 is 0 Å². The Labute approximate surface area is 102 Å². The molecule has 92 valence electrons. The van der Waals surface area contributed by atoms with Gasteiger partial charge in [0.1, 0.15) is 5.82 Å². The highest BCUT2D eigenvalue weighted by atomic mass is 16.2. The first-order valence-electron chi connectivity index (χ1n) is 6.24. The molecule has 4 nitrogen and oxygen atoms in total. The number of anilines is 1. The number of urea groups is 1. The van der Waals surface area contributed by atoms with Gasteiger partial charge in [0.2, 0.25) is 0 Å². The normalized spacial score (nSPS) is 24.1. The third-order valence-corrected chi connectivity index (χ3v) is 3.33. The van der Waals surface area contributed by atoms with Crippen molar-refractivity contribution in [1.29, 1.82) is 0 Å². The molecule has 0 saturated heterocycles. The molecule has 4 heteroatoms. The highest BCUT2D eigenvalue weighted by molar-refractivity contribution is 5.88. The topological polar surface area (TPSA) is 54.0 Å². The molecule has 1 fully saturated rings. The Kier molecular flexibility index (Phi) is 3.96. The standard InChI is InChI=1S/C13H19N3O/c1-10-6-2-3-7-11(10)15-13(17)16-12-8-4-5-9-14-12/h4-5,8-11H,2-3,6-7H2,1H3,(H2,14,15,16,17)/t10-,11+/m0/s1. The molecule has 0 unspecified atom stereocenters. The van der Waals surface area contributed by atoms with Gasteiger partial charge in [-0.2, -0.15) is 0 Å². The van der Waals surface area contributed by atoms with E-state index in [9.17, 15) is 4.79 Å². The summed E-state index contributed by atoms with van der Waals surface area (Å²) in [6, 6.07) is 5.61. The number of pyridine rings is 1. The van der Waals surface area contributed by atoms with Gasteiger partial charge in [-0.05, 0) is 30.9 Å². The molecule has 17 heavy (non-hydrogen) atoms. The van der Waals surface area contributed by atoms with Crippen molar-refractivity contribution >= 4 is 11.8 Å². The zero-order chi connectivity index (χ0) is 12.1. The second-order valence-corrected chi connectivity index (χ2v) is 4.68. The molecule has 0 radical (unpaired) electrons. The minimum atomic E-state index is -0.151. The van der Waals surface area contributed by atoms with E-state index in [1.54, 1.807) is 12.3 Å². The molecule has 2 amide bonds. The number of carbonyl (C=O) groups excluding carboxylic acids is 1. The number of rotatable bonds is 2. The molecule has 0 aromatic carbocycles. The lowest BCUT2D eigenvalue weighted by Crippen LogP contribution is -2.43. The van der Waals surface area contributed by atoms with E-state index in [-0.39, 0.29) is 6.03 Å². The molecule has 1 aliphatic rings. The minimum Gasteiger partial charge on any atom is -0.335 e. The summed E-state index contributed by atoms with van der Waals surface area (Å²) in [5, 5.41) is 5.78.